The topological polar surface area (TPSA) is 130 Å². The third-order valence-corrected chi connectivity index (χ3v) is 6.02. The van der Waals surface area contributed by atoms with E-state index < -0.39 is 10.1 Å². The zero-order valence-electron chi connectivity index (χ0n) is 17.5. The molecule has 0 amide bonds. The van der Waals surface area contributed by atoms with Gasteiger partial charge in [-0.2, -0.15) is 8.42 Å². The lowest BCUT2D eigenvalue weighted by atomic mass is 9.93. The Morgan fingerprint density at radius 1 is 0.767 bits per heavy atom. The van der Waals surface area contributed by atoms with Crippen LogP contribution in [0.4, 0.5) is 11.4 Å². The van der Waals surface area contributed by atoms with E-state index in [9.17, 15) is 8.42 Å². The standard InChI is InChI=1S/C17H21N3.C6H6O3S/c1-9-5-7-13(15(18)11(9)3)17(20)14-8-6-10(2)12(4)16(14)19;7-10(8,9)6-4-2-1-3-5-6/h5-8,20H,18-19H2,1-4H3;1-5H,(H,7,8,9). The van der Waals surface area contributed by atoms with Crippen molar-refractivity contribution in [2.24, 2.45) is 0 Å². The van der Waals surface area contributed by atoms with Gasteiger partial charge >= 0.3 is 0 Å². The van der Waals surface area contributed by atoms with Gasteiger partial charge in [-0.3, -0.25) is 9.96 Å². The Morgan fingerprint density at radius 2 is 1.17 bits per heavy atom. The highest BCUT2D eigenvalue weighted by atomic mass is 32.2. The molecule has 6 nitrogen and oxygen atoms in total. The number of hydrogen-bond donors (Lipinski definition) is 4. The van der Waals surface area contributed by atoms with E-state index in [1.165, 1.54) is 12.1 Å². The van der Waals surface area contributed by atoms with E-state index in [1.54, 1.807) is 18.2 Å². The summed E-state index contributed by atoms with van der Waals surface area (Å²) in [4.78, 5) is -0.0741. The number of aryl methyl sites for hydroxylation is 2. The highest BCUT2D eigenvalue weighted by molar-refractivity contribution is 7.85. The average Bonchev–Trinajstić information content (AvgIpc) is 2.71. The van der Waals surface area contributed by atoms with Crippen LogP contribution in [0.1, 0.15) is 33.4 Å². The zero-order chi connectivity index (χ0) is 22.6. The molecule has 7 heteroatoms. The van der Waals surface area contributed by atoms with Crippen LogP contribution in [0.25, 0.3) is 0 Å². The van der Waals surface area contributed by atoms with Gasteiger partial charge in [-0.05, 0) is 62.1 Å². The molecule has 3 aromatic carbocycles. The fourth-order valence-electron chi connectivity index (χ4n) is 2.85. The molecule has 0 aliphatic carbocycles. The molecule has 0 aliphatic heterocycles. The van der Waals surface area contributed by atoms with Crippen LogP contribution in [-0.2, 0) is 10.1 Å². The quantitative estimate of drug-likeness (QED) is 0.280. The molecule has 0 spiro atoms. The van der Waals surface area contributed by atoms with Crippen molar-refractivity contribution in [3.05, 3.63) is 88.0 Å². The van der Waals surface area contributed by atoms with Crippen molar-refractivity contribution in [2.45, 2.75) is 32.6 Å². The maximum atomic E-state index is 10.4. The molecule has 0 bridgehead atoms. The van der Waals surface area contributed by atoms with Crippen molar-refractivity contribution in [3.8, 4) is 0 Å². The predicted octanol–water partition coefficient (Wildman–Crippen LogP) is 4.43. The van der Waals surface area contributed by atoms with Crippen molar-refractivity contribution in [2.75, 3.05) is 11.5 Å². The third-order valence-electron chi connectivity index (χ3n) is 5.15. The second kappa shape index (κ2) is 9.11. The number of nitrogens with one attached hydrogen (secondary N) is 1. The van der Waals surface area contributed by atoms with Crippen LogP contribution in [0, 0.1) is 33.1 Å². The average molecular weight is 426 g/mol. The summed E-state index contributed by atoms with van der Waals surface area (Å²) in [7, 11) is -4.00. The first kappa shape index (κ1) is 23.1. The predicted molar refractivity (Wildman–Crippen MR) is 123 cm³/mol. The van der Waals surface area contributed by atoms with Crippen LogP contribution >= 0.6 is 0 Å². The maximum absolute atomic E-state index is 10.4. The molecule has 0 aliphatic rings. The number of nitrogens with two attached hydrogens (primary N) is 2. The summed E-state index contributed by atoms with van der Waals surface area (Å²) in [6.07, 6.45) is 0. The van der Waals surface area contributed by atoms with Crippen molar-refractivity contribution in [1.82, 2.24) is 0 Å². The van der Waals surface area contributed by atoms with E-state index in [4.69, 9.17) is 21.4 Å². The number of rotatable bonds is 3. The van der Waals surface area contributed by atoms with Gasteiger partial charge in [0, 0.05) is 22.5 Å². The van der Waals surface area contributed by atoms with Crippen LogP contribution in [0.3, 0.4) is 0 Å². The highest BCUT2D eigenvalue weighted by Gasteiger charge is 2.15. The maximum Gasteiger partial charge on any atom is 0.294 e. The van der Waals surface area contributed by atoms with Gasteiger partial charge < -0.3 is 11.5 Å². The van der Waals surface area contributed by atoms with Gasteiger partial charge in [0.05, 0.1) is 10.6 Å². The highest BCUT2D eigenvalue weighted by Crippen LogP contribution is 2.27. The van der Waals surface area contributed by atoms with Crippen LogP contribution in [0.5, 0.6) is 0 Å². The minimum Gasteiger partial charge on any atom is -0.398 e. The Morgan fingerprint density at radius 3 is 1.50 bits per heavy atom. The normalized spacial score (nSPS) is 10.8. The molecule has 0 saturated carbocycles. The number of nitrogen functional groups attached to an aromatic ring is 2. The first-order valence-electron chi connectivity index (χ1n) is 9.28. The molecule has 0 radical (unpaired) electrons. The van der Waals surface area contributed by atoms with Gasteiger partial charge in [-0.15, -0.1) is 0 Å². The fourth-order valence-corrected chi connectivity index (χ4v) is 3.35. The molecule has 6 N–H and O–H groups in total. The molecule has 3 rings (SSSR count). The van der Waals surface area contributed by atoms with Gasteiger partial charge in [0.2, 0.25) is 0 Å². The molecular formula is C23H27N3O3S. The van der Waals surface area contributed by atoms with E-state index in [-0.39, 0.29) is 4.90 Å². The summed E-state index contributed by atoms with van der Waals surface area (Å²) in [5.41, 5.74) is 19.8. The Labute approximate surface area is 177 Å². The molecule has 0 saturated heterocycles. The molecule has 0 atom stereocenters. The van der Waals surface area contributed by atoms with Gasteiger partial charge in [0.25, 0.3) is 10.1 Å². The Bertz CT molecular complexity index is 1130. The van der Waals surface area contributed by atoms with Crippen LogP contribution in [0.15, 0.2) is 59.5 Å². The smallest absolute Gasteiger partial charge is 0.294 e. The van der Waals surface area contributed by atoms with E-state index in [2.05, 4.69) is 0 Å². The Kier molecular flexibility index (Phi) is 7.02. The summed E-state index contributed by atoms with van der Waals surface area (Å²) in [5, 5.41) is 8.43. The summed E-state index contributed by atoms with van der Waals surface area (Å²) in [6.45, 7) is 7.99. The molecule has 158 valence electrons. The first-order chi connectivity index (χ1) is 13.9. The summed E-state index contributed by atoms with van der Waals surface area (Å²) < 4.78 is 29.2. The lowest BCUT2D eigenvalue weighted by Gasteiger charge is -2.15. The zero-order valence-corrected chi connectivity index (χ0v) is 18.3. The Hall–Kier alpha value is -3.16. The van der Waals surface area contributed by atoms with Crippen molar-refractivity contribution < 1.29 is 13.0 Å². The summed E-state index contributed by atoms with van der Waals surface area (Å²) in [5.74, 6) is 0. The first-order valence-corrected chi connectivity index (χ1v) is 10.7. The second-order valence-corrected chi connectivity index (χ2v) is 8.52. The minimum atomic E-state index is -4.00. The largest absolute Gasteiger partial charge is 0.398 e. The van der Waals surface area contributed by atoms with E-state index in [0.717, 1.165) is 33.4 Å². The second-order valence-electron chi connectivity index (χ2n) is 7.10. The van der Waals surface area contributed by atoms with Crippen LogP contribution in [-0.4, -0.2) is 18.7 Å². The molecule has 3 aromatic rings. The number of anilines is 2. The van der Waals surface area contributed by atoms with Crippen molar-refractivity contribution >= 4 is 27.2 Å². The van der Waals surface area contributed by atoms with Crippen LogP contribution < -0.4 is 11.5 Å². The molecular weight excluding hydrogens is 398 g/mol. The van der Waals surface area contributed by atoms with Crippen molar-refractivity contribution in [1.29, 1.82) is 5.41 Å². The monoisotopic (exact) mass is 425 g/mol. The SMILES string of the molecule is Cc1ccc(C(=N)c2ccc(C)c(C)c2N)c(N)c1C.O=S(=O)(O)c1ccccc1. The van der Waals surface area contributed by atoms with Crippen LogP contribution in [0.2, 0.25) is 0 Å². The van der Waals surface area contributed by atoms with E-state index in [0.29, 0.717) is 17.1 Å². The number of benzene rings is 3. The minimum absolute atomic E-state index is 0.0741. The van der Waals surface area contributed by atoms with Gasteiger partial charge in [0.15, 0.2) is 0 Å². The molecule has 0 aromatic heterocycles. The summed E-state index contributed by atoms with van der Waals surface area (Å²) >= 11 is 0. The lowest BCUT2D eigenvalue weighted by molar-refractivity contribution is 0.483. The van der Waals surface area contributed by atoms with Gasteiger partial charge in [-0.25, -0.2) is 0 Å². The lowest BCUT2D eigenvalue weighted by Crippen LogP contribution is -2.11. The fraction of sp³-hybridized carbons (Fsp3) is 0.174. The Balaban J connectivity index is 0.000000269. The van der Waals surface area contributed by atoms with E-state index >= 15 is 0 Å². The van der Waals surface area contributed by atoms with Gasteiger partial charge in [-0.1, -0.05) is 42.5 Å². The van der Waals surface area contributed by atoms with Crippen molar-refractivity contribution in [3.63, 3.8) is 0 Å². The van der Waals surface area contributed by atoms with E-state index in [1.807, 2.05) is 52.0 Å². The molecule has 30 heavy (non-hydrogen) atoms. The number of hydrogen-bond acceptors (Lipinski definition) is 5. The summed E-state index contributed by atoms with van der Waals surface area (Å²) in [6, 6.07) is 15.2. The third kappa shape index (κ3) is 5.06. The molecule has 0 heterocycles. The van der Waals surface area contributed by atoms with Gasteiger partial charge in [0.1, 0.15) is 0 Å². The molecule has 0 fully saturated rings. The molecule has 0 unspecified atom stereocenters.